The Hall–Kier alpha value is -0.640. The van der Waals surface area contributed by atoms with Gasteiger partial charge in [-0.1, -0.05) is 0 Å². The Morgan fingerprint density at radius 3 is 2.87 bits per heavy atom. The molecule has 1 atom stereocenters. The lowest BCUT2D eigenvalue weighted by Gasteiger charge is -2.14. The van der Waals surface area contributed by atoms with Gasteiger partial charge in [0.1, 0.15) is 10.4 Å². The van der Waals surface area contributed by atoms with Crippen LogP contribution < -0.4 is 0 Å². The summed E-state index contributed by atoms with van der Waals surface area (Å²) < 4.78 is 2.89. The summed E-state index contributed by atoms with van der Waals surface area (Å²) in [5.74, 6) is 0.756. The highest BCUT2D eigenvalue weighted by atomic mass is 79.9. The Labute approximate surface area is 98.0 Å². The van der Waals surface area contributed by atoms with Gasteiger partial charge in [-0.25, -0.2) is 0 Å². The number of carbonyl (C=O) groups is 1. The molecule has 1 aliphatic rings. The maximum absolute atomic E-state index is 11.3. The number of halogens is 1. The second kappa shape index (κ2) is 4.08. The second-order valence-corrected chi connectivity index (χ2v) is 5.22. The van der Waals surface area contributed by atoms with Crippen molar-refractivity contribution >= 4 is 21.7 Å². The molecule has 1 saturated carbocycles. The maximum Gasteiger partial charge on any atom is 0.133 e. The lowest BCUT2D eigenvalue weighted by Crippen LogP contribution is -2.10. The highest BCUT2D eigenvalue weighted by Gasteiger charge is 2.27. The molecule has 3 nitrogen and oxygen atoms in total. The molecule has 0 bridgehead atoms. The van der Waals surface area contributed by atoms with E-state index in [0.29, 0.717) is 24.2 Å². The summed E-state index contributed by atoms with van der Waals surface area (Å²) in [6.07, 6.45) is 2.39. The molecule has 0 aliphatic heterocycles. The quantitative estimate of drug-likeness (QED) is 0.828. The zero-order valence-electron chi connectivity index (χ0n) is 9.03. The van der Waals surface area contributed by atoms with E-state index in [2.05, 4.69) is 34.9 Å². The third kappa shape index (κ3) is 2.14. The summed E-state index contributed by atoms with van der Waals surface area (Å²) in [5, 5.41) is 4.40. The number of ketones is 1. The first kappa shape index (κ1) is 10.9. The molecule has 1 unspecified atom stereocenters. The second-order valence-electron chi connectivity index (χ2n) is 4.41. The van der Waals surface area contributed by atoms with Gasteiger partial charge in [0.05, 0.1) is 0 Å². The van der Waals surface area contributed by atoms with Gasteiger partial charge in [-0.15, -0.1) is 0 Å². The van der Waals surface area contributed by atoms with Crippen molar-refractivity contribution in [2.75, 3.05) is 0 Å². The van der Waals surface area contributed by atoms with Gasteiger partial charge in [-0.05, 0) is 42.3 Å². The minimum Gasteiger partial charge on any atom is -0.300 e. The van der Waals surface area contributed by atoms with E-state index in [1.165, 1.54) is 5.69 Å². The molecule has 15 heavy (non-hydrogen) atoms. The number of aromatic nitrogens is 2. The minimum atomic E-state index is 0.349. The first-order valence-electron chi connectivity index (χ1n) is 5.34. The zero-order chi connectivity index (χ0) is 11.0. The van der Waals surface area contributed by atoms with Crippen molar-refractivity contribution in [3.8, 4) is 0 Å². The molecule has 1 aliphatic carbocycles. The molecular weight excluding hydrogens is 256 g/mol. The van der Waals surface area contributed by atoms with Crippen molar-refractivity contribution in [1.29, 1.82) is 0 Å². The summed E-state index contributed by atoms with van der Waals surface area (Å²) >= 11 is 3.40. The van der Waals surface area contributed by atoms with Crippen molar-refractivity contribution in [3.63, 3.8) is 0 Å². The van der Waals surface area contributed by atoms with Crippen LogP contribution in [0, 0.1) is 0 Å². The number of carbonyl (C=O) groups excluding carboxylic acids is 1. The number of nitrogens with zero attached hydrogens (tertiary/aromatic N) is 2. The van der Waals surface area contributed by atoms with E-state index in [1.54, 1.807) is 0 Å². The molecular formula is C11H15BrN2O. The van der Waals surface area contributed by atoms with Crippen LogP contribution in [0.15, 0.2) is 10.7 Å². The largest absolute Gasteiger partial charge is 0.300 e. The lowest BCUT2D eigenvalue weighted by molar-refractivity contribution is -0.117. The maximum atomic E-state index is 11.3. The number of hydrogen-bond acceptors (Lipinski definition) is 2. The van der Waals surface area contributed by atoms with Gasteiger partial charge < -0.3 is 0 Å². The van der Waals surface area contributed by atoms with Crippen LogP contribution in [-0.4, -0.2) is 15.6 Å². The molecule has 1 aromatic heterocycles. The summed E-state index contributed by atoms with van der Waals surface area (Å²) in [6.45, 7) is 4.22. The van der Waals surface area contributed by atoms with Crippen LogP contribution in [0.3, 0.4) is 0 Å². The Morgan fingerprint density at radius 1 is 1.60 bits per heavy atom. The molecule has 1 aromatic rings. The summed E-state index contributed by atoms with van der Waals surface area (Å²) in [4.78, 5) is 11.3. The SMILES string of the molecule is CC(C)n1nc(Br)cc1C1CCC(=O)C1. The van der Waals surface area contributed by atoms with E-state index in [0.717, 1.165) is 17.4 Å². The molecule has 0 N–H and O–H groups in total. The van der Waals surface area contributed by atoms with Gasteiger partial charge in [0.25, 0.3) is 0 Å². The fraction of sp³-hybridized carbons (Fsp3) is 0.636. The Bertz CT molecular complexity index is 384. The average molecular weight is 271 g/mol. The van der Waals surface area contributed by atoms with E-state index in [4.69, 9.17) is 0 Å². The van der Waals surface area contributed by atoms with Crippen LogP contribution in [0.5, 0.6) is 0 Å². The predicted molar refractivity (Wildman–Crippen MR) is 61.9 cm³/mol. The Morgan fingerprint density at radius 2 is 2.33 bits per heavy atom. The van der Waals surface area contributed by atoms with Crippen LogP contribution in [0.2, 0.25) is 0 Å². The van der Waals surface area contributed by atoms with Gasteiger partial charge in [0.2, 0.25) is 0 Å². The first-order chi connectivity index (χ1) is 7.08. The molecule has 0 amide bonds. The van der Waals surface area contributed by atoms with Crippen LogP contribution >= 0.6 is 15.9 Å². The smallest absolute Gasteiger partial charge is 0.133 e. The van der Waals surface area contributed by atoms with Crippen LogP contribution in [-0.2, 0) is 4.79 Å². The summed E-state index contributed by atoms with van der Waals surface area (Å²) in [5.41, 5.74) is 1.20. The monoisotopic (exact) mass is 270 g/mol. The van der Waals surface area contributed by atoms with Gasteiger partial charge in [0, 0.05) is 30.5 Å². The summed E-state index contributed by atoms with van der Waals surface area (Å²) in [7, 11) is 0. The number of hydrogen-bond donors (Lipinski definition) is 0. The van der Waals surface area contributed by atoms with E-state index >= 15 is 0 Å². The molecule has 0 spiro atoms. The molecule has 1 heterocycles. The van der Waals surface area contributed by atoms with Crippen molar-refractivity contribution in [1.82, 2.24) is 9.78 Å². The van der Waals surface area contributed by atoms with Gasteiger partial charge in [-0.2, -0.15) is 5.10 Å². The minimum absolute atomic E-state index is 0.349. The highest BCUT2D eigenvalue weighted by Crippen LogP contribution is 2.34. The van der Waals surface area contributed by atoms with E-state index in [1.807, 2.05) is 10.7 Å². The Balaban J connectivity index is 2.30. The predicted octanol–water partition coefficient (Wildman–Crippen LogP) is 3.06. The fourth-order valence-corrected chi connectivity index (χ4v) is 2.57. The molecule has 0 aromatic carbocycles. The van der Waals surface area contributed by atoms with Crippen LogP contribution in [0.1, 0.15) is 50.8 Å². The standard InChI is InChI=1S/C11H15BrN2O/c1-7(2)14-10(6-11(12)13-14)8-3-4-9(15)5-8/h6-8H,3-5H2,1-2H3. The van der Waals surface area contributed by atoms with Crippen molar-refractivity contribution in [2.45, 2.75) is 45.1 Å². The molecule has 0 radical (unpaired) electrons. The van der Waals surface area contributed by atoms with E-state index < -0.39 is 0 Å². The molecule has 2 rings (SSSR count). The fourth-order valence-electron chi connectivity index (χ4n) is 2.16. The number of Topliss-reactive ketones (excluding diaryl/α,β-unsaturated/α-hetero) is 1. The molecule has 0 saturated heterocycles. The first-order valence-corrected chi connectivity index (χ1v) is 6.14. The third-order valence-electron chi connectivity index (χ3n) is 2.89. The van der Waals surface area contributed by atoms with E-state index in [-0.39, 0.29) is 0 Å². The highest BCUT2D eigenvalue weighted by molar-refractivity contribution is 9.10. The summed E-state index contributed by atoms with van der Waals surface area (Å²) in [6, 6.07) is 2.39. The molecule has 82 valence electrons. The topological polar surface area (TPSA) is 34.9 Å². The Kier molecular flexibility index (Phi) is 2.96. The van der Waals surface area contributed by atoms with Gasteiger partial charge in [0.15, 0.2) is 0 Å². The van der Waals surface area contributed by atoms with Crippen molar-refractivity contribution in [2.24, 2.45) is 0 Å². The van der Waals surface area contributed by atoms with Crippen molar-refractivity contribution < 1.29 is 4.79 Å². The molecule has 4 heteroatoms. The normalized spacial score (nSPS) is 21.6. The zero-order valence-corrected chi connectivity index (χ0v) is 10.6. The van der Waals surface area contributed by atoms with Crippen LogP contribution in [0.25, 0.3) is 0 Å². The van der Waals surface area contributed by atoms with Gasteiger partial charge >= 0.3 is 0 Å². The van der Waals surface area contributed by atoms with Crippen LogP contribution in [0.4, 0.5) is 0 Å². The van der Waals surface area contributed by atoms with E-state index in [9.17, 15) is 4.79 Å². The molecule has 1 fully saturated rings. The third-order valence-corrected chi connectivity index (χ3v) is 3.28. The lowest BCUT2D eigenvalue weighted by atomic mass is 10.0. The number of rotatable bonds is 2. The van der Waals surface area contributed by atoms with Gasteiger partial charge in [-0.3, -0.25) is 9.48 Å². The van der Waals surface area contributed by atoms with Crippen molar-refractivity contribution in [3.05, 3.63) is 16.4 Å². The average Bonchev–Trinajstić information content (AvgIpc) is 2.71.